The Hall–Kier alpha value is -5.94. The predicted molar refractivity (Wildman–Crippen MR) is 192 cm³/mol. The Kier molecular flexibility index (Phi) is 10.2. The van der Waals surface area contributed by atoms with Crippen molar-refractivity contribution in [2.24, 2.45) is 4.99 Å². The fourth-order valence-corrected chi connectivity index (χ4v) is 6.66. The molecule has 11 heteroatoms. The molecule has 50 heavy (non-hydrogen) atoms. The first kappa shape index (κ1) is 33.9. The van der Waals surface area contributed by atoms with E-state index in [1.165, 1.54) is 11.3 Å². The summed E-state index contributed by atoms with van der Waals surface area (Å²) in [6, 6.07) is 28.2. The Morgan fingerprint density at radius 2 is 1.70 bits per heavy atom. The third-order valence-corrected chi connectivity index (χ3v) is 9.04. The van der Waals surface area contributed by atoms with Crippen LogP contribution in [0.3, 0.4) is 0 Å². The number of ether oxygens (including phenoxy) is 4. The number of carbonyl (C=O) groups is 2. The number of thiazole rings is 1. The van der Waals surface area contributed by atoms with Crippen LogP contribution in [0.1, 0.15) is 46.9 Å². The number of rotatable bonds is 11. The van der Waals surface area contributed by atoms with Crippen LogP contribution >= 0.6 is 11.3 Å². The van der Waals surface area contributed by atoms with Crippen LogP contribution in [0.25, 0.3) is 6.08 Å². The highest BCUT2D eigenvalue weighted by molar-refractivity contribution is 7.07. The van der Waals surface area contributed by atoms with Gasteiger partial charge in [0.15, 0.2) is 16.3 Å². The van der Waals surface area contributed by atoms with E-state index in [1.54, 1.807) is 75.1 Å². The minimum absolute atomic E-state index is 0.251. The van der Waals surface area contributed by atoms with E-state index in [2.05, 4.69) is 5.32 Å². The van der Waals surface area contributed by atoms with Crippen LogP contribution in [0.2, 0.25) is 0 Å². The Balaban J connectivity index is 1.32. The Morgan fingerprint density at radius 3 is 2.42 bits per heavy atom. The topological polar surface area (TPSA) is 117 Å². The smallest absolute Gasteiger partial charge is 0.338 e. The van der Waals surface area contributed by atoms with Crippen LogP contribution in [-0.2, 0) is 16.1 Å². The Bertz CT molecular complexity index is 2260. The lowest BCUT2D eigenvalue weighted by molar-refractivity contribution is -0.113. The molecule has 5 aromatic rings. The van der Waals surface area contributed by atoms with E-state index < -0.39 is 6.04 Å². The SMILES string of the molecule is CCOC(=O)c1ccc(COc2ccc(/C=c3\sc4n(c3=O)[C@H](c3cccc(OC)c3)C(C(=O)Nc3ccccc3)=C(C)N=4)cc2OC)cc1. The average molecular weight is 690 g/mol. The van der Waals surface area contributed by atoms with Gasteiger partial charge >= 0.3 is 5.97 Å². The summed E-state index contributed by atoms with van der Waals surface area (Å²) < 4.78 is 24.2. The molecule has 2 heterocycles. The predicted octanol–water partition coefficient (Wildman–Crippen LogP) is 5.65. The highest BCUT2D eigenvalue weighted by Crippen LogP contribution is 2.33. The molecule has 1 aliphatic heterocycles. The second-order valence-electron chi connectivity index (χ2n) is 11.3. The Labute approximate surface area is 292 Å². The summed E-state index contributed by atoms with van der Waals surface area (Å²) in [7, 11) is 3.12. The average Bonchev–Trinajstić information content (AvgIpc) is 3.44. The number of aromatic nitrogens is 1. The van der Waals surface area contributed by atoms with Gasteiger partial charge in [0, 0.05) is 5.69 Å². The lowest BCUT2D eigenvalue weighted by Crippen LogP contribution is -2.40. The van der Waals surface area contributed by atoms with Crippen LogP contribution in [0.5, 0.6) is 17.2 Å². The lowest BCUT2D eigenvalue weighted by atomic mass is 9.95. The van der Waals surface area contributed by atoms with E-state index in [9.17, 15) is 14.4 Å². The van der Waals surface area contributed by atoms with Crippen molar-refractivity contribution in [2.75, 3.05) is 26.1 Å². The number of fused-ring (bicyclic) bond motifs is 1. The van der Waals surface area contributed by atoms with Crippen LogP contribution in [0.15, 0.2) is 118 Å². The number of allylic oxidation sites excluding steroid dienone is 1. The number of anilines is 1. The van der Waals surface area contributed by atoms with Crippen LogP contribution in [0, 0.1) is 0 Å². The highest BCUT2D eigenvalue weighted by atomic mass is 32.1. The van der Waals surface area contributed by atoms with Gasteiger partial charge in [-0.3, -0.25) is 14.2 Å². The van der Waals surface area contributed by atoms with Gasteiger partial charge in [0.05, 0.1) is 48.2 Å². The molecule has 1 aromatic heterocycles. The van der Waals surface area contributed by atoms with Gasteiger partial charge in [-0.05, 0) is 85.1 Å². The van der Waals surface area contributed by atoms with Crippen molar-refractivity contribution in [2.45, 2.75) is 26.5 Å². The van der Waals surface area contributed by atoms with Gasteiger partial charge in [-0.1, -0.05) is 59.9 Å². The molecule has 4 aromatic carbocycles. The number of hydrogen-bond donors (Lipinski definition) is 1. The van der Waals surface area contributed by atoms with E-state index in [0.29, 0.717) is 66.8 Å². The molecule has 0 saturated heterocycles. The number of nitrogens with one attached hydrogen (secondary N) is 1. The zero-order chi connectivity index (χ0) is 35.2. The van der Waals surface area contributed by atoms with Crippen molar-refractivity contribution in [1.82, 2.24) is 4.57 Å². The molecular weight excluding hydrogens is 655 g/mol. The van der Waals surface area contributed by atoms with E-state index in [-0.39, 0.29) is 24.0 Å². The number of esters is 1. The van der Waals surface area contributed by atoms with E-state index in [0.717, 1.165) is 5.56 Å². The molecule has 0 aliphatic carbocycles. The van der Waals surface area contributed by atoms with E-state index in [1.807, 2.05) is 60.7 Å². The second kappa shape index (κ2) is 15.1. The number of amides is 1. The van der Waals surface area contributed by atoms with Gasteiger partial charge < -0.3 is 24.3 Å². The van der Waals surface area contributed by atoms with Gasteiger partial charge in [-0.25, -0.2) is 9.79 Å². The van der Waals surface area contributed by atoms with Crippen molar-refractivity contribution in [3.63, 3.8) is 0 Å². The second-order valence-corrected chi connectivity index (χ2v) is 12.3. The molecule has 0 spiro atoms. The largest absolute Gasteiger partial charge is 0.497 e. The maximum Gasteiger partial charge on any atom is 0.338 e. The Morgan fingerprint density at radius 1 is 0.920 bits per heavy atom. The summed E-state index contributed by atoms with van der Waals surface area (Å²) in [5.41, 5.74) is 3.98. The van der Waals surface area contributed by atoms with E-state index in [4.69, 9.17) is 23.9 Å². The van der Waals surface area contributed by atoms with Crippen molar-refractivity contribution in [1.29, 1.82) is 0 Å². The summed E-state index contributed by atoms with van der Waals surface area (Å²) in [4.78, 5) is 45.2. The van der Waals surface area contributed by atoms with Crippen LogP contribution in [0.4, 0.5) is 5.69 Å². The molecule has 0 saturated carbocycles. The number of para-hydroxylation sites is 1. The maximum absolute atomic E-state index is 14.2. The monoisotopic (exact) mass is 689 g/mol. The van der Waals surface area contributed by atoms with Gasteiger partial charge in [0.2, 0.25) is 0 Å². The molecular formula is C39H35N3O7S. The summed E-state index contributed by atoms with van der Waals surface area (Å²) in [6.45, 7) is 4.11. The van der Waals surface area contributed by atoms with Gasteiger partial charge in [0.25, 0.3) is 11.5 Å². The molecule has 1 amide bonds. The molecule has 1 atom stereocenters. The van der Waals surface area contributed by atoms with Gasteiger partial charge in [-0.15, -0.1) is 0 Å². The highest BCUT2D eigenvalue weighted by Gasteiger charge is 2.32. The normalized spacial score (nSPS) is 14.0. The van der Waals surface area contributed by atoms with E-state index >= 15 is 0 Å². The number of benzene rings is 4. The molecule has 10 nitrogen and oxygen atoms in total. The van der Waals surface area contributed by atoms with Crippen molar-refractivity contribution in [3.8, 4) is 17.2 Å². The third kappa shape index (κ3) is 7.23. The summed E-state index contributed by atoms with van der Waals surface area (Å²) in [5.74, 6) is 0.882. The minimum Gasteiger partial charge on any atom is -0.497 e. The zero-order valence-electron chi connectivity index (χ0n) is 28.0. The molecule has 1 aliphatic rings. The van der Waals surface area contributed by atoms with Crippen molar-refractivity contribution >= 4 is 35.0 Å². The van der Waals surface area contributed by atoms with Crippen molar-refractivity contribution < 1.29 is 28.5 Å². The molecule has 6 rings (SSSR count). The van der Waals surface area contributed by atoms with Crippen LogP contribution < -0.4 is 34.4 Å². The fourth-order valence-electron chi connectivity index (χ4n) is 5.62. The van der Waals surface area contributed by atoms with Crippen molar-refractivity contribution in [3.05, 3.63) is 150 Å². The molecule has 0 bridgehead atoms. The standard InChI is InChI=1S/C39H35N3O7S/c1-5-48-38(45)27-17-14-25(15-18-27)23-49-31-19-16-26(20-32(31)47-4)21-33-37(44)42-35(28-10-9-13-30(22-28)46-3)34(24(2)40-39(42)50-33)36(43)41-29-11-7-6-8-12-29/h6-22,35H,5,23H2,1-4H3,(H,41,43)/b33-21-/t35-/m1/s1. The van der Waals surface area contributed by atoms with Gasteiger partial charge in [-0.2, -0.15) is 0 Å². The minimum atomic E-state index is -0.746. The summed E-state index contributed by atoms with van der Waals surface area (Å²) in [6.07, 6.45) is 1.77. The molecule has 1 N–H and O–H groups in total. The first-order valence-corrected chi connectivity index (χ1v) is 16.7. The maximum atomic E-state index is 14.2. The molecule has 0 unspecified atom stereocenters. The number of hydrogen-bond acceptors (Lipinski definition) is 9. The van der Waals surface area contributed by atoms with Gasteiger partial charge in [0.1, 0.15) is 12.4 Å². The van der Waals surface area contributed by atoms with Crippen LogP contribution in [-0.4, -0.2) is 37.3 Å². The lowest BCUT2D eigenvalue weighted by Gasteiger charge is -2.25. The number of carbonyl (C=O) groups excluding carboxylic acids is 2. The molecule has 0 fully saturated rings. The first-order valence-electron chi connectivity index (χ1n) is 15.9. The number of nitrogens with zero attached hydrogens (tertiary/aromatic N) is 2. The molecule has 254 valence electrons. The summed E-state index contributed by atoms with van der Waals surface area (Å²) >= 11 is 1.24. The fraction of sp³-hybridized carbons (Fsp3) is 0.179. The quantitative estimate of drug-likeness (QED) is 0.178. The zero-order valence-corrected chi connectivity index (χ0v) is 28.8. The summed E-state index contributed by atoms with van der Waals surface area (Å²) in [5, 5.41) is 2.97. The number of methoxy groups -OCH3 is 2. The first-order chi connectivity index (χ1) is 24.3. The molecule has 0 radical (unpaired) electrons. The third-order valence-electron chi connectivity index (χ3n) is 8.05.